The van der Waals surface area contributed by atoms with Gasteiger partial charge in [-0.2, -0.15) is 0 Å². The summed E-state index contributed by atoms with van der Waals surface area (Å²) in [6.45, 7) is 9.85. The summed E-state index contributed by atoms with van der Waals surface area (Å²) in [7, 11) is 0. The number of hydrogen-bond acceptors (Lipinski definition) is 6. The normalized spacial score (nSPS) is 10.5. The van der Waals surface area contributed by atoms with E-state index in [1.54, 1.807) is 36.4 Å². The fourth-order valence-corrected chi connectivity index (χ4v) is 2.82. The first-order valence-corrected chi connectivity index (χ1v) is 9.92. The first kappa shape index (κ1) is 23.3. The highest BCUT2D eigenvalue weighted by molar-refractivity contribution is 5.45. The maximum Gasteiger partial charge on any atom is 0.126 e. The minimum absolute atomic E-state index is 0.200. The van der Waals surface area contributed by atoms with Gasteiger partial charge in [-0.15, -0.1) is 13.2 Å². The molecule has 162 valence electrons. The number of benzene rings is 2. The predicted octanol–water partition coefficient (Wildman–Crippen LogP) is 4.05. The van der Waals surface area contributed by atoms with Crippen LogP contribution in [0.3, 0.4) is 0 Å². The molecule has 0 amide bonds. The second-order valence-electron chi connectivity index (χ2n) is 6.41. The third-order valence-electron chi connectivity index (χ3n) is 4.26. The van der Waals surface area contributed by atoms with E-state index in [1.807, 2.05) is 12.1 Å². The molecule has 0 spiro atoms. The van der Waals surface area contributed by atoms with E-state index in [1.165, 1.54) is 0 Å². The van der Waals surface area contributed by atoms with Crippen LogP contribution in [0.2, 0.25) is 0 Å². The Morgan fingerprint density at radius 3 is 1.43 bits per heavy atom. The SMILES string of the molecule is C=CCc1c(O)cccc1OCCOCCOCCOc1cccc(O)c1CC=C. The molecule has 2 N–H and O–H groups in total. The van der Waals surface area contributed by atoms with Crippen LogP contribution < -0.4 is 9.47 Å². The average Bonchev–Trinajstić information content (AvgIpc) is 2.74. The third-order valence-corrected chi connectivity index (χ3v) is 4.26. The van der Waals surface area contributed by atoms with Crippen molar-refractivity contribution in [1.29, 1.82) is 0 Å². The van der Waals surface area contributed by atoms with E-state index in [-0.39, 0.29) is 11.5 Å². The van der Waals surface area contributed by atoms with Gasteiger partial charge in [-0.3, -0.25) is 0 Å². The molecule has 0 bridgehead atoms. The van der Waals surface area contributed by atoms with E-state index in [0.29, 0.717) is 64.0 Å². The number of phenolic OH excluding ortho intramolecular Hbond substituents is 2. The van der Waals surface area contributed by atoms with E-state index >= 15 is 0 Å². The Bertz CT molecular complexity index is 735. The average molecular weight is 414 g/mol. The summed E-state index contributed by atoms with van der Waals surface area (Å²) in [6.07, 6.45) is 4.52. The molecule has 0 fully saturated rings. The van der Waals surface area contributed by atoms with E-state index < -0.39 is 0 Å². The lowest BCUT2D eigenvalue weighted by Gasteiger charge is -2.13. The van der Waals surface area contributed by atoms with Crippen molar-refractivity contribution >= 4 is 0 Å². The molecule has 0 aliphatic heterocycles. The first-order valence-electron chi connectivity index (χ1n) is 9.92. The maximum atomic E-state index is 9.89. The van der Waals surface area contributed by atoms with Crippen LogP contribution >= 0.6 is 0 Å². The molecule has 2 aromatic rings. The number of phenols is 2. The molecule has 0 saturated heterocycles. The standard InChI is InChI=1S/C24H30O6/c1-3-7-19-21(25)9-5-11-23(19)29-17-15-27-13-14-28-16-18-30-24-12-6-10-22(26)20(24)8-4-2/h3-6,9-12,25-26H,1-2,7-8,13-18H2. The van der Waals surface area contributed by atoms with Crippen molar-refractivity contribution in [2.75, 3.05) is 39.6 Å². The van der Waals surface area contributed by atoms with Gasteiger partial charge < -0.3 is 29.2 Å². The molecular formula is C24H30O6. The van der Waals surface area contributed by atoms with Crippen molar-refractivity contribution < 1.29 is 29.2 Å². The van der Waals surface area contributed by atoms with Crippen LogP contribution in [0.5, 0.6) is 23.0 Å². The molecule has 0 heterocycles. The fourth-order valence-electron chi connectivity index (χ4n) is 2.82. The van der Waals surface area contributed by atoms with E-state index in [0.717, 1.165) is 11.1 Å². The van der Waals surface area contributed by atoms with Gasteiger partial charge in [-0.1, -0.05) is 24.3 Å². The molecule has 0 radical (unpaired) electrons. The Labute approximate surface area is 178 Å². The second kappa shape index (κ2) is 13.3. The van der Waals surface area contributed by atoms with Gasteiger partial charge in [0.1, 0.15) is 36.2 Å². The van der Waals surface area contributed by atoms with Crippen molar-refractivity contribution in [3.05, 3.63) is 72.8 Å². The molecule has 0 atom stereocenters. The molecule has 2 rings (SSSR count). The van der Waals surface area contributed by atoms with Gasteiger partial charge in [0.15, 0.2) is 0 Å². The molecular weight excluding hydrogens is 384 g/mol. The zero-order valence-corrected chi connectivity index (χ0v) is 17.2. The van der Waals surface area contributed by atoms with Gasteiger partial charge in [0.25, 0.3) is 0 Å². The zero-order valence-electron chi connectivity index (χ0n) is 17.2. The number of rotatable bonds is 15. The van der Waals surface area contributed by atoms with Crippen LogP contribution in [0.15, 0.2) is 61.7 Å². The maximum absolute atomic E-state index is 9.89. The van der Waals surface area contributed by atoms with Crippen LogP contribution in [-0.4, -0.2) is 49.9 Å². The molecule has 2 aromatic carbocycles. The highest BCUT2D eigenvalue weighted by Crippen LogP contribution is 2.29. The lowest BCUT2D eigenvalue weighted by Crippen LogP contribution is -2.14. The van der Waals surface area contributed by atoms with Crippen molar-refractivity contribution in [2.45, 2.75) is 12.8 Å². The van der Waals surface area contributed by atoms with Crippen molar-refractivity contribution in [3.8, 4) is 23.0 Å². The molecule has 0 aliphatic rings. The van der Waals surface area contributed by atoms with Crippen molar-refractivity contribution in [1.82, 2.24) is 0 Å². The van der Waals surface area contributed by atoms with Gasteiger partial charge in [0.2, 0.25) is 0 Å². The third kappa shape index (κ3) is 7.46. The fraction of sp³-hybridized carbons (Fsp3) is 0.333. The summed E-state index contributed by atoms with van der Waals surface area (Å²) in [6, 6.07) is 10.4. The Morgan fingerprint density at radius 2 is 1.03 bits per heavy atom. The number of ether oxygens (including phenoxy) is 4. The van der Waals surface area contributed by atoms with Gasteiger partial charge >= 0.3 is 0 Å². The Kier molecular flexibility index (Phi) is 10.3. The van der Waals surface area contributed by atoms with E-state index in [4.69, 9.17) is 18.9 Å². The summed E-state index contributed by atoms with van der Waals surface area (Å²) in [4.78, 5) is 0. The minimum atomic E-state index is 0.200. The van der Waals surface area contributed by atoms with Crippen molar-refractivity contribution in [2.24, 2.45) is 0 Å². The highest BCUT2D eigenvalue weighted by Gasteiger charge is 2.08. The number of allylic oxidation sites excluding steroid dienone is 2. The molecule has 0 aromatic heterocycles. The summed E-state index contributed by atoms with van der Waals surface area (Å²) in [5.41, 5.74) is 1.44. The topological polar surface area (TPSA) is 77.4 Å². The summed E-state index contributed by atoms with van der Waals surface area (Å²) in [5.74, 6) is 1.67. The molecule has 6 heteroatoms. The van der Waals surface area contributed by atoms with Crippen LogP contribution in [0.4, 0.5) is 0 Å². The molecule has 0 aliphatic carbocycles. The minimum Gasteiger partial charge on any atom is -0.508 e. The monoisotopic (exact) mass is 414 g/mol. The zero-order chi connectivity index (χ0) is 21.6. The Hall–Kier alpha value is -2.96. The Morgan fingerprint density at radius 1 is 0.633 bits per heavy atom. The largest absolute Gasteiger partial charge is 0.508 e. The molecule has 6 nitrogen and oxygen atoms in total. The smallest absolute Gasteiger partial charge is 0.126 e. The number of aromatic hydroxyl groups is 2. The second-order valence-corrected chi connectivity index (χ2v) is 6.41. The van der Waals surface area contributed by atoms with Gasteiger partial charge in [0.05, 0.1) is 26.4 Å². The first-order chi connectivity index (χ1) is 14.7. The predicted molar refractivity (Wildman–Crippen MR) is 117 cm³/mol. The van der Waals surface area contributed by atoms with Crippen LogP contribution in [0.25, 0.3) is 0 Å². The van der Waals surface area contributed by atoms with Gasteiger partial charge in [-0.05, 0) is 37.1 Å². The highest BCUT2D eigenvalue weighted by atomic mass is 16.6. The van der Waals surface area contributed by atoms with Gasteiger partial charge in [-0.25, -0.2) is 0 Å². The Balaban J connectivity index is 1.56. The van der Waals surface area contributed by atoms with Crippen molar-refractivity contribution in [3.63, 3.8) is 0 Å². The van der Waals surface area contributed by atoms with Crippen LogP contribution in [0.1, 0.15) is 11.1 Å². The van der Waals surface area contributed by atoms with E-state index in [2.05, 4.69) is 13.2 Å². The van der Waals surface area contributed by atoms with E-state index in [9.17, 15) is 10.2 Å². The lowest BCUT2D eigenvalue weighted by molar-refractivity contribution is 0.0272. The molecule has 0 saturated carbocycles. The summed E-state index contributed by atoms with van der Waals surface area (Å²) < 4.78 is 22.4. The summed E-state index contributed by atoms with van der Waals surface area (Å²) >= 11 is 0. The molecule has 0 unspecified atom stereocenters. The lowest BCUT2D eigenvalue weighted by atomic mass is 10.1. The quantitative estimate of drug-likeness (QED) is 0.338. The van der Waals surface area contributed by atoms with Crippen LogP contribution in [0, 0.1) is 0 Å². The molecule has 30 heavy (non-hydrogen) atoms. The van der Waals surface area contributed by atoms with Gasteiger partial charge in [0, 0.05) is 11.1 Å². The number of hydrogen-bond donors (Lipinski definition) is 2. The van der Waals surface area contributed by atoms with Crippen LogP contribution in [-0.2, 0) is 22.3 Å². The summed E-state index contributed by atoms with van der Waals surface area (Å²) in [5, 5.41) is 19.8.